The maximum atomic E-state index is 8.58. The van der Waals surface area contributed by atoms with Gasteiger partial charge >= 0.3 is 0 Å². The SMILES string of the molecule is OCCOCCOCCOc1nsnc1C1CN2CCC1CC2. The summed E-state index contributed by atoms with van der Waals surface area (Å²) in [6, 6.07) is 0. The van der Waals surface area contributed by atoms with Gasteiger partial charge in [-0.3, -0.25) is 0 Å². The van der Waals surface area contributed by atoms with Gasteiger partial charge in [0.1, 0.15) is 12.3 Å². The summed E-state index contributed by atoms with van der Waals surface area (Å²) in [5.74, 6) is 1.89. The van der Waals surface area contributed by atoms with Crippen LogP contribution in [0.4, 0.5) is 0 Å². The Hall–Kier alpha value is -0.800. The maximum absolute atomic E-state index is 8.58. The number of piperidine rings is 3. The van der Waals surface area contributed by atoms with Crippen LogP contribution in [0.15, 0.2) is 0 Å². The van der Waals surface area contributed by atoms with Crippen molar-refractivity contribution in [3.8, 4) is 5.88 Å². The van der Waals surface area contributed by atoms with E-state index >= 15 is 0 Å². The molecular weight excluding hydrogens is 318 g/mol. The Morgan fingerprint density at radius 3 is 2.48 bits per heavy atom. The minimum Gasteiger partial charge on any atom is -0.473 e. The third-order valence-electron chi connectivity index (χ3n) is 4.56. The molecule has 4 heterocycles. The van der Waals surface area contributed by atoms with Crippen LogP contribution >= 0.6 is 11.7 Å². The molecular formula is C15H25N3O4S. The standard InChI is InChI=1S/C15H25N3O4S/c19-5-6-20-7-8-21-9-10-22-15-14(16-23-17-15)13-11-18-3-1-12(13)2-4-18/h12-13,19H,1-11H2. The number of aliphatic hydroxyl groups excluding tert-OH is 1. The summed E-state index contributed by atoms with van der Waals surface area (Å²) in [6.07, 6.45) is 2.52. The summed E-state index contributed by atoms with van der Waals surface area (Å²) < 4.78 is 25.1. The largest absolute Gasteiger partial charge is 0.473 e. The molecule has 0 aliphatic carbocycles. The third-order valence-corrected chi connectivity index (χ3v) is 5.09. The smallest absolute Gasteiger partial charge is 0.249 e. The fraction of sp³-hybridized carbons (Fsp3) is 0.867. The molecule has 0 spiro atoms. The van der Waals surface area contributed by atoms with Crippen LogP contribution in [0.1, 0.15) is 24.5 Å². The zero-order valence-electron chi connectivity index (χ0n) is 13.4. The Kier molecular flexibility index (Phi) is 6.58. The summed E-state index contributed by atoms with van der Waals surface area (Å²) in [5, 5.41) is 8.58. The second-order valence-electron chi connectivity index (χ2n) is 6.00. The topological polar surface area (TPSA) is 76.9 Å². The van der Waals surface area contributed by atoms with Crippen molar-refractivity contribution in [2.75, 3.05) is 59.3 Å². The van der Waals surface area contributed by atoms with Crippen LogP contribution < -0.4 is 4.74 Å². The van der Waals surface area contributed by atoms with Crippen LogP contribution in [0.5, 0.6) is 5.88 Å². The molecule has 4 rings (SSSR count). The number of fused-ring (bicyclic) bond motifs is 3. The van der Waals surface area contributed by atoms with Gasteiger partial charge in [-0.05, 0) is 31.8 Å². The quantitative estimate of drug-likeness (QED) is 0.628. The Morgan fingerprint density at radius 1 is 1.04 bits per heavy atom. The lowest BCUT2D eigenvalue weighted by molar-refractivity contribution is 0.0240. The lowest BCUT2D eigenvalue weighted by Crippen LogP contribution is -2.46. The van der Waals surface area contributed by atoms with Crippen LogP contribution in [-0.2, 0) is 9.47 Å². The van der Waals surface area contributed by atoms with Gasteiger partial charge in [0.05, 0.1) is 44.8 Å². The van der Waals surface area contributed by atoms with E-state index in [1.807, 2.05) is 0 Å². The second-order valence-corrected chi connectivity index (χ2v) is 6.52. The van der Waals surface area contributed by atoms with E-state index in [0.29, 0.717) is 44.8 Å². The van der Waals surface area contributed by atoms with Crippen molar-refractivity contribution in [2.24, 2.45) is 5.92 Å². The molecule has 1 N–H and O–H groups in total. The van der Waals surface area contributed by atoms with E-state index in [9.17, 15) is 0 Å². The van der Waals surface area contributed by atoms with Crippen molar-refractivity contribution in [1.82, 2.24) is 13.6 Å². The van der Waals surface area contributed by atoms with Crippen LogP contribution in [0.25, 0.3) is 0 Å². The van der Waals surface area contributed by atoms with Gasteiger partial charge in [0.15, 0.2) is 0 Å². The van der Waals surface area contributed by atoms with Crippen molar-refractivity contribution >= 4 is 11.7 Å². The summed E-state index contributed by atoms with van der Waals surface area (Å²) in [4.78, 5) is 2.52. The van der Waals surface area contributed by atoms with E-state index in [4.69, 9.17) is 19.3 Å². The number of aromatic nitrogens is 2. The molecule has 3 saturated heterocycles. The number of aliphatic hydroxyl groups is 1. The van der Waals surface area contributed by atoms with Crippen molar-refractivity contribution in [1.29, 1.82) is 0 Å². The Balaban J connectivity index is 1.39. The molecule has 1 unspecified atom stereocenters. The third kappa shape index (κ3) is 4.60. The molecule has 1 aromatic heterocycles. The number of hydrogen-bond donors (Lipinski definition) is 1. The van der Waals surface area contributed by atoms with Crippen LogP contribution in [-0.4, -0.2) is 78.0 Å². The van der Waals surface area contributed by atoms with Gasteiger partial charge in [0, 0.05) is 12.5 Å². The first-order valence-electron chi connectivity index (χ1n) is 8.32. The first-order valence-corrected chi connectivity index (χ1v) is 9.05. The second kappa shape index (κ2) is 8.89. The molecule has 1 atom stereocenters. The number of nitrogens with zero attached hydrogens (tertiary/aromatic N) is 3. The molecule has 23 heavy (non-hydrogen) atoms. The number of ether oxygens (including phenoxy) is 3. The highest BCUT2D eigenvalue weighted by Gasteiger charge is 2.38. The van der Waals surface area contributed by atoms with Gasteiger partial charge in [-0.1, -0.05) is 0 Å². The molecule has 2 bridgehead atoms. The Labute approximate surface area is 140 Å². The molecule has 3 aliphatic rings. The minimum absolute atomic E-state index is 0.0440. The van der Waals surface area contributed by atoms with Crippen molar-refractivity contribution in [3.63, 3.8) is 0 Å². The average Bonchev–Trinajstić information content (AvgIpc) is 3.06. The highest BCUT2D eigenvalue weighted by atomic mass is 32.1. The zero-order chi connectivity index (χ0) is 15.9. The fourth-order valence-corrected chi connectivity index (χ4v) is 3.94. The molecule has 3 aliphatic heterocycles. The van der Waals surface area contributed by atoms with Gasteiger partial charge in [-0.15, -0.1) is 4.37 Å². The molecule has 7 nitrogen and oxygen atoms in total. The molecule has 0 aromatic carbocycles. The summed E-state index contributed by atoms with van der Waals surface area (Å²) in [5.41, 5.74) is 1.04. The summed E-state index contributed by atoms with van der Waals surface area (Å²) in [6.45, 7) is 5.90. The van der Waals surface area contributed by atoms with Crippen molar-refractivity contribution < 1.29 is 19.3 Å². The fourth-order valence-electron chi connectivity index (χ4n) is 3.37. The van der Waals surface area contributed by atoms with Gasteiger partial charge in [-0.2, -0.15) is 4.37 Å². The first kappa shape index (κ1) is 17.0. The van der Waals surface area contributed by atoms with Crippen molar-refractivity contribution in [3.05, 3.63) is 5.69 Å². The van der Waals surface area contributed by atoms with E-state index in [1.54, 1.807) is 0 Å². The van der Waals surface area contributed by atoms with Crippen LogP contribution in [0.3, 0.4) is 0 Å². The van der Waals surface area contributed by atoms with E-state index in [-0.39, 0.29) is 6.61 Å². The van der Waals surface area contributed by atoms with E-state index < -0.39 is 0 Å². The Bertz CT molecular complexity index is 465. The van der Waals surface area contributed by atoms with E-state index in [0.717, 1.165) is 18.2 Å². The van der Waals surface area contributed by atoms with Gasteiger partial charge < -0.3 is 24.2 Å². The first-order chi connectivity index (χ1) is 11.4. The lowest BCUT2D eigenvalue weighted by atomic mass is 9.77. The van der Waals surface area contributed by atoms with Crippen LogP contribution in [0, 0.1) is 5.92 Å². The predicted molar refractivity (Wildman–Crippen MR) is 86.0 cm³/mol. The minimum atomic E-state index is 0.0440. The molecule has 0 amide bonds. The molecule has 3 fully saturated rings. The monoisotopic (exact) mass is 343 g/mol. The molecule has 0 saturated carbocycles. The Morgan fingerprint density at radius 2 is 1.78 bits per heavy atom. The van der Waals surface area contributed by atoms with Gasteiger partial charge in [0.2, 0.25) is 5.88 Å². The van der Waals surface area contributed by atoms with Gasteiger partial charge in [0.25, 0.3) is 0 Å². The highest BCUT2D eigenvalue weighted by molar-refractivity contribution is 6.99. The molecule has 130 valence electrons. The average molecular weight is 343 g/mol. The highest BCUT2D eigenvalue weighted by Crippen LogP contribution is 2.41. The normalized spacial score (nSPS) is 26.6. The molecule has 0 radical (unpaired) electrons. The summed E-state index contributed by atoms with van der Waals surface area (Å²) in [7, 11) is 0. The summed E-state index contributed by atoms with van der Waals surface area (Å²) >= 11 is 1.24. The molecule has 1 aromatic rings. The van der Waals surface area contributed by atoms with Crippen LogP contribution in [0.2, 0.25) is 0 Å². The van der Waals surface area contributed by atoms with E-state index in [2.05, 4.69) is 13.6 Å². The lowest BCUT2D eigenvalue weighted by Gasteiger charge is -2.44. The van der Waals surface area contributed by atoms with Gasteiger partial charge in [-0.25, -0.2) is 0 Å². The van der Waals surface area contributed by atoms with Crippen molar-refractivity contribution in [2.45, 2.75) is 18.8 Å². The molecule has 8 heteroatoms. The van der Waals surface area contributed by atoms with E-state index in [1.165, 1.54) is 37.7 Å². The maximum Gasteiger partial charge on any atom is 0.249 e. The number of hydrogen-bond acceptors (Lipinski definition) is 8. The number of rotatable bonds is 10. The predicted octanol–water partition coefficient (Wildman–Crippen LogP) is 0.752. The zero-order valence-corrected chi connectivity index (χ0v) is 14.2.